The summed E-state index contributed by atoms with van der Waals surface area (Å²) in [4.78, 5) is 11.5. The van der Waals surface area contributed by atoms with Gasteiger partial charge < -0.3 is 10.1 Å². The van der Waals surface area contributed by atoms with Crippen LogP contribution in [0.4, 0.5) is 5.69 Å². The summed E-state index contributed by atoms with van der Waals surface area (Å²) in [6.45, 7) is 0. The molecule has 1 N–H and O–H groups in total. The molecule has 0 fully saturated rings. The molecule has 0 aromatic heterocycles. The van der Waals surface area contributed by atoms with Gasteiger partial charge in [0.2, 0.25) is 0 Å². The maximum atomic E-state index is 11.5. The van der Waals surface area contributed by atoms with Crippen LogP contribution in [-0.4, -0.2) is 19.1 Å². The van der Waals surface area contributed by atoms with E-state index < -0.39 is 12.0 Å². The Kier molecular flexibility index (Phi) is 4.96. The summed E-state index contributed by atoms with van der Waals surface area (Å²) in [5.41, 5.74) is 0.549. The van der Waals surface area contributed by atoms with Crippen LogP contribution in [0, 0.1) is 22.7 Å². The van der Waals surface area contributed by atoms with Crippen LogP contribution >= 0.6 is 0 Å². The number of allylic oxidation sites excluding steroid dienone is 1. The molecule has 18 heavy (non-hydrogen) atoms. The number of benzene rings is 1. The first-order chi connectivity index (χ1) is 8.71. The minimum atomic E-state index is -0.869. The van der Waals surface area contributed by atoms with Gasteiger partial charge in [-0.05, 0) is 18.2 Å². The predicted octanol–water partition coefficient (Wildman–Crippen LogP) is 1.61. The highest BCUT2D eigenvalue weighted by Gasteiger charge is 2.17. The van der Waals surface area contributed by atoms with Gasteiger partial charge in [0.1, 0.15) is 23.8 Å². The van der Waals surface area contributed by atoms with Gasteiger partial charge in [-0.15, -0.1) is 0 Å². The number of methoxy groups -OCH3 is 1. The third-order valence-corrected chi connectivity index (χ3v) is 2.13. The summed E-state index contributed by atoms with van der Waals surface area (Å²) in [5, 5.41) is 20.2. The molecule has 0 aliphatic carbocycles. The Hall–Kier alpha value is -2.79. The Morgan fingerprint density at radius 3 is 2.44 bits per heavy atom. The second-order valence-corrected chi connectivity index (χ2v) is 3.32. The first-order valence-corrected chi connectivity index (χ1v) is 5.12. The van der Waals surface area contributed by atoms with E-state index in [9.17, 15) is 4.79 Å². The van der Waals surface area contributed by atoms with Crippen molar-refractivity contribution in [3.63, 3.8) is 0 Å². The standard InChI is InChI=1S/C13H11N3O2/c1-18-13(17)12(7-10(8-14)9-15)16-11-5-3-2-4-6-11/h2-7,12,16H,1H3. The lowest BCUT2D eigenvalue weighted by atomic mass is 10.2. The van der Waals surface area contributed by atoms with E-state index in [1.165, 1.54) is 13.2 Å². The summed E-state index contributed by atoms with van der Waals surface area (Å²) in [5.74, 6) is -0.568. The molecule has 0 bridgehead atoms. The number of rotatable bonds is 4. The SMILES string of the molecule is COC(=O)C(C=C(C#N)C#N)Nc1ccccc1. The van der Waals surface area contributed by atoms with Crippen LogP contribution in [0.3, 0.4) is 0 Å². The van der Waals surface area contributed by atoms with Crippen molar-refractivity contribution in [2.75, 3.05) is 12.4 Å². The zero-order chi connectivity index (χ0) is 13.4. The highest BCUT2D eigenvalue weighted by Crippen LogP contribution is 2.09. The van der Waals surface area contributed by atoms with E-state index in [4.69, 9.17) is 10.5 Å². The molecular weight excluding hydrogens is 230 g/mol. The first-order valence-electron chi connectivity index (χ1n) is 5.12. The van der Waals surface area contributed by atoms with E-state index >= 15 is 0 Å². The van der Waals surface area contributed by atoms with Crippen LogP contribution in [0.1, 0.15) is 0 Å². The van der Waals surface area contributed by atoms with Gasteiger partial charge in [0.05, 0.1) is 7.11 Å². The third-order valence-electron chi connectivity index (χ3n) is 2.13. The van der Waals surface area contributed by atoms with E-state index in [0.29, 0.717) is 5.69 Å². The summed E-state index contributed by atoms with van der Waals surface area (Å²) in [6.07, 6.45) is 1.23. The Balaban J connectivity index is 2.95. The van der Waals surface area contributed by atoms with Crippen LogP contribution in [0.5, 0.6) is 0 Å². The van der Waals surface area contributed by atoms with Gasteiger partial charge in [0, 0.05) is 5.69 Å². The molecule has 5 nitrogen and oxygen atoms in total. The number of nitrogens with zero attached hydrogens (tertiary/aromatic N) is 2. The maximum absolute atomic E-state index is 11.5. The molecule has 1 rings (SSSR count). The number of nitriles is 2. The maximum Gasteiger partial charge on any atom is 0.332 e. The van der Waals surface area contributed by atoms with E-state index in [0.717, 1.165) is 0 Å². The number of hydrogen-bond donors (Lipinski definition) is 1. The van der Waals surface area contributed by atoms with Crippen LogP contribution in [0.15, 0.2) is 42.0 Å². The largest absolute Gasteiger partial charge is 0.467 e. The summed E-state index contributed by atoms with van der Waals surface area (Å²) in [7, 11) is 1.24. The molecular formula is C13H11N3O2. The summed E-state index contributed by atoms with van der Waals surface area (Å²) in [6, 6.07) is 11.5. The molecule has 5 heteroatoms. The van der Waals surface area contributed by atoms with Crippen molar-refractivity contribution in [1.29, 1.82) is 10.5 Å². The lowest BCUT2D eigenvalue weighted by molar-refractivity contribution is -0.140. The highest BCUT2D eigenvalue weighted by molar-refractivity contribution is 5.82. The van der Waals surface area contributed by atoms with Crippen molar-refractivity contribution in [3.8, 4) is 12.1 Å². The lowest BCUT2D eigenvalue weighted by Gasteiger charge is -2.13. The van der Waals surface area contributed by atoms with Gasteiger partial charge in [0.15, 0.2) is 0 Å². The molecule has 0 radical (unpaired) electrons. The number of ether oxygens (including phenoxy) is 1. The fourth-order valence-corrected chi connectivity index (χ4v) is 1.28. The molecule has 0 saturated heterocycles. The Morgan fingerprint density at radius 2 is 1.94 bits per heavy atom. The van der Waals surface area contributed by atoms with Gasteiger partial charge in [-0.1, -0.05) is 18.2 Å². The average molecular weight is 241 g/mol. The second kappa shape index (κ2) is 6.72. The van der Waals surface area contributed by atoms with E-state index in [-0.39, 0.29) is 5.57 Å². The van der Waals surface area contributed by atoms with E-state index in [1.54, 1.807) is 36.4 Å². The smallest absolute Gasteiger partial charge is 0.332 e. The molecule has 1 unspecified atom stereocenters. The lowest BCUT2D eigenvalue weighted by Crippen LogP contribution is -2.29. The fraction of sp³-hybridized carbons (Fsp3) is 0.154. The molecule has 0 amide bonds. The minimum Gasteiger partial charge on any atom is -0.467 e. The monoisotopic (exact) mass is 241 g/mol. The third kappa shape index (κ3) is 3.66. The highest BCUT2D eigenvalue weighted by atomic mass is 16.5. The van der Waals surface area contributed by atoms with Crippen molar-refractivity contribution >= 4 is 11.7 Å². The van der Waals surface area contributed by atoms with Crippen LogP contribution < -0.4 is 5.32 Å². The average Bonchev–Trinajstić information content (AvgIpc) is 2.43. The van der Waals surface area contributed by atoms with Crippen molar-refractivity contribution < 1.29 is 9.53 Å². The zero-order valence-corrected chi connectivity index (χ0v) is 9.75. The summed E-state index contributed by atoms with van der Waals surface area (Å²) < 4.78 is 4.61. The Bertz CT molecular complexity index is 507. The molecule has 90 valence electrons. The predicted molar refractivity (Wildman–Crippen MR) is 65.2 cm³/mol. The number of anilines is 1. The fourth-order valence-electron chi connectivity index (χ4n) is 1.28. The first kappa shape index (κ1) is 13.3. The van der Waals surface area contributed by atoms with Crippen LogP contribution in [0.25, 0.3) is 0 Å². The van der Waals surface area contributed by atoms with E-state index in [1.807, 2.05) is 6.07 Å². The molecule has 0 aliphatic rings. The van der Waals surface area contributed by atoms with E-state index in [2.05, 4.69) is 10.1 Å². The number of carbonyl (C=O) groups is 1. The number of carbonyl (C=O) groups excluding carboxylic acids is 1. The van der Waals surface area contributed by atoms with Gasteiger partial charge in [-0.2, -0.15) is 10.5 Å². The van der Waals surface area contributed by atoms with Gasteiger partial charge in [-0.25, -0.2) is 4.79 Å². The number of hydrogen-bond acceptors (Lipinski definition) is 5. The van der Waals surface area contributed by atoms with Crippen molar-refractivity contribution in [3.05, 3.63) is 42.0 Å². The zero-order valence-electron chi connectivity index (χ0n) is 9.75. The van der Waals surface area contributed by atoms with Gasteiger partial charge in [0.25, 0.3) is 0 Å². The molecule has 0 heterocycles. The molecule has 1 aromatic rings. The van der Waals surface area contributed by atoms with Crippen LogP contribution in [-0.2, 0) is 9.53 Å². The minimum absolute atomic E-state index is 0.145. The normalized spacial score (nSPS) is 10.4. The molecule has 1 atom stereocenters. The molecule has 1 aromatic carbocycles. The number of para-hydroxylation sites is 1. The molecule has 0 aliphatic heterocycles. The van der Waals surface area contributed by atoms with Crippen molar-refractivity contribution in [1.82, 2.24) is 0 Å². The van der Waals surface area contributed by atoms with Crippen molar-refractivity contribution in [2.24, 2.45) is 0 Å². The Morgan fingerprint density at radius 1 is 1.33 bits per heavy atom. The second-order valence-electron chi connectivity index (χ2n) is 3.32. The summed E-state index contributed by atoms with van der Waals surface area (Å²) >= 11 is 0. The van der Waals surface area contributed by atoms with Gasteiger partial charge in [-0.3, -0.25) is 0 Å². The number of nitrogens with one attached hydrogen (secondary N) is 1. The quantitative estimate of drug-likeness (QED) is 0.639. The molecule has 0 saturated carbocycles. The Labute approximate surface area is 105 Å². The van der Waals surface area contributed by atoms with Gasteiger partial charge >= 0.3 is 5.97 Å². The topological polar surface area (TPSA) is 85.9 Å². The van der Waals surface area contributed by atoms with Crippen LogP contribution in [0.2, 0.25) is 0 Å². The molecule has 0 spiro atoms. The number of esters is 1. The van der Waals surface area contributed by atoms with Crippen molar-refractivity contribution in [2.45, 2.75) is 6.04 Å².